The van der Waals surface area contributed by atoms with Crippen molar-refractivity contribution in [2.75, 3.05) is 19.1 Å². The van der Waals surface area contributed by atoms with Crippen molar-refractivity contribution in [3.05, 3.63) is 31.4 Å². The van der Waals surface area contributed by atoms with Crippen LogP contribution in [0.3, 0.4) is 0 Å². The van der Waals surface area contributed by atoms with Crippen molar-refractivity contribution in [2.45, 2.75) is 13.2 Å². The molecule has 0 radical (unpaired) electrons. The van der Waals surface area contributed by atoms with Gasteiger partial charge >= 0.3 is 5.97 Å². The molecule has 0 saturated heterocycles. The van der Waals surface area contributed by atoms with Crippen LogP contribution in [0.1, 0.15) is 20.2 Å². The number of anilines is 1. The van der Waals surface area contributed by atoms with E-state index in [0.29, 0.717) is 17.4 Å². The summed E-state index contributed by atoms with van der Waals surface area (Å²) in [5.41, 5.74) is 0.471. The molecule has 20 heavy (non-hydrogen) atoms. The minimum atomic E-state index is -0.965. The largest absolute Gasteiger partial charge is 0.477 e. The van der Waals surface area contributed by atoms with Crippen molar-refractivity contribution in [1.82, 2.24) is 4.98 Å². The Morgan fingerprint density at radius 2 is 2.35 bits per heavy atom. The van der Waals surface area contributed by atoms with Gasteiger partial charge in [-0.2, -0.15) is 0 Å². The summed E-state index contributed by atoms with van der Waals surface area (Å²) in [5.74, 6) is -0.965. The zero-order chi connectivity index (χ0) is 14.7. The van der Waals surface area contributed by atoms with Crippen molar-refractivity contribution in [3.8, 4) is 0 Å². The van der Waals surface area contributed by atoms with E-state index in [2.05, 4.69) is 20.9 Å². The SMILES string of the molecule is COCc1nc(N(C)Cc2cc(Br)cs2)sc1C(=O)O. The van der Waals surface area contributed by atoms with Crippen LogP contribution in [0, 0.1) is 0 Å². The first-order chi connectivity index (χ1) is 9.51. The van der Waals surface area contributed by atoms with E-state index in [0.717, 1.165) is 4.47 Å². The lowest BCUT2D eigenvalue weighted by atomic mass is 10.4. The summed E-state index contributed by atoms with van der Waals surface area (Å²) >= 11 is 6.24. The monoisotopic (exact) mass is 376 g/mol. The maximum atomic E-state index is 11.2. The number of rotatable bonds is 6. The quantitative estimate of drug-likeness (QED) is 0.836. The minimum Gasteiger partial charge on any atom is -0.477 e. The van der Waals surface area contributed by atoms with Crippen LogP contribution in [0.15, 0.2) is 15.9 Å². The Morgan fingerprint density at radius 3 is 2.90 bits per heavy atom. The average molecular weight is 377 g/mol. The van der Waals surface area contributed by atoms with E-state index in [1.807, 2.05) is 23.4 Å². The molecule has 8 heteroatoms. The third-order valence-corrected chi connectivity index (χ3v) is 5.38. The number of methoxy groups -OCH3 is 1. The van der Waals surface area contributed by atoms with Gasteiger partial charge in [0, 0.05) is 28.9 Å². The van der Waals surface area contributed by atoms with Crippen LogP contribution in [0.5, 0.6) is 0 Å². The second kappa shape index (κ2) is 6.66. The Labute approximate surface area is 133 Å². The third-order valence-electron chi connectivity index (χ3n) is 2.50. The fourth-order valence-corrected chi connectivity index (χ4v) is 4.01. The lowest BCUT2D eigenvalue weighted by molar-refractivity contribution is 0.0697. The lowest BCUT2D eigenvalue weighted by Crippen LogP contribution is -2.15. The molecule has 108 valence electrons. The second-order valence-corrected chi connectivity index (χ2v) is 6.99. The molecule has 5 nitrogen and oxygen atoms in total. The van der Waals surface area contributed by atoms with Gasteiger partial charge in [-0.1, -0.05) is 11.3 Å². The molecule has 0 aromatic carbocycles. The summed E-state index contributed by atoms with van der Waals surface area (Å²) in [4.78, 5) is 18.9. The Hall–Kier alpha value is -0.960. The van der Waals surface area contributed by atoms with Gasteiger partial charge in [0.25, 0.3) is 0 Å². The second-order valence-electron chi connectivity index (χ2n) is 4.10. The fourth-order valence-electron chi connectivity index (χ4n) is 1.64. The van der Waals surface area contributed by atoms with Crippen molar-refractivity contribution in [3.63, 3.8) is 0 Å². The molecular weight excluding hydrogens is 364 g/mol. The number of aromatic nitrogens is 1. The Balaban J connectivity index is 2.19. The number of thiophene rings is 1. The van der Waals surface area contributed by atoms with E-state index >= 15 is 0 Å². The number of thiazole rings is 1. The summed E-state index contributed by atoms with van der Waals surface area (Å²) < 4.78 is 6.04. The summed E-state index contributed by atoms with van der Waals surface area (Å²) in [5, 5.41) is 11.9. The van der Waals surface area contributed by atoms with Crippen LogP contribution in [-0.4, -0.2) is 30.2 Å². The zero-order valence-corrected chi connectivity index (χ0v) is 14.1. The Bertz CT molecular complexity index is 612. The highest BCUT2D eigenvalue weighted by molar-refractivity contribution is 9.10. The maximum Gasteiger partial charge on any atom is 0.347 e. The summed E-state index contributed by atoms with van der Waals surface area (Å²) in [7, 11) is 3.42. The zero-order valence-electron chi connectivity index (χ0n) is 10.9. The summed E-state index contributed by atoms with van der Waals surface area (Å²) in [6, 6.07) is 2.04. The molecule has 0 aliphatic heterocycles. The summed E-state index contributed by atoms with van der Waals surface area (Å²) in [6.07, 6.45) is 0. The van der Waals surface area contributed by atoms with E-state index < -0.39 is 5.97 Å². The third kappa shape index (κ3) is 3.57. The number of halogens is 1. The Morgan fingerprint density at radius 1 is 1.60 bits per heavy atom. The van der Waals surface area contributed by atoms with Crippen LogP contribution < -0.4 is 4.90 Å². The lowest BCUT2D eigenvalue weighted by Gasteiger charge is -2.13. The number of carboxylic acid groups (broad SMARTS) is 1. The molecule has 2 aromatic rings. The normalized spacial score (nSPS) is 10.8. The number of hydrogen-bond donors (Lipinski definition) is 1. The average Bonchev–Trinajstić information content (AvgIpc) is 2.96. The van der Waals surface area contributed by atoms with Crippen molar-refractivity contribution < 1.29 is 14.6 Å². The van der Waals surface area contributed by atoms with Gasteiger partial charge in [-0.3, -0.25) is 0 Å². The molecular formula is C12H13BrN2O3S2. The number of ether oxygens (including phenoxy) is 1. The van der Waals surface area contributed by atoms with Crippen LogP contribution in [0.2, 0.25) is 0 Å². The molecule has 0 spiro atoms. The van der Waals surface area contributed by atoms with Crippen molar-refractivity contribution in [2.24, 2.45) is 0 Å². The van der Waals surface area contributed by atoms with Gasteiger partial charge in [-0.25, -0.2) is 9.78 Å². The molecule has 0 unspecified atom stereocenters. The minimum absolute atomic E-state index is 0.205. The highest BCUT2D eigenvalue weighted by Gasteiger charge is 2.19. The van der Waals surface area contributed by atoms with Gasteiger partial charge in [0.05, 0.1) is 18.8 Å². The molecule has 0 aliphatic rings. The van der Waals surface area contributed by atoms with Gasteiger partial charge in [0.1, 0.15) is 4.88 Å². The van der Waals surface area contributed by atoms with E-state index in [9.17, 15) is 9.90 Å². The van der Waals surface area contributed by atoms with Gasteiger partial charge in [0.15, 0.2) is 5.13 Å². The molecule has 0 amide bonds. The molecule has 0 atom stereocenters. The predicted molar refractivity (Wildman–Crippen MR) is 83.9 cm³/mol. The smallest absolute Gasteiger partial charge is 0.347 e. The summed E-state index contributed by atoms with van der Waals surface area (Å²) in [6.45, 7) is 0.895. The molecule has 0 saturated carbocycles. The molecule has 0 fully saturated rings. The molecule has 2 aromatic heterocycles. The molecule has 2 heterocycles. The number of nitrogens with zero attached hydrogens (tertiary/aromatic N) is 2. The van der Waals surface area contributed by atoms with E-state index in [-0.39, 0.29) is 11.5 Å². The topological polar surface area (TPSA) is 62.7 Å². The van der Waals surface area contributed by atoms with Gasteiger partial charge in [0.2, 0.25) is 0 Å². The maximum absolute atomic E-state index is 11.2. The van der Waals surface area contributed by atoms with Crippen LogP contribution in [0.4, 0.5) is 5.13 Å². The van der Waals surface area contributed by atoms with Gasteiger partial charge in [-0.05, 0) is 22.0 Å². The molecule has 0 aliphatic carbocycles. The van der Waals surface area contributed by atoms with Gasteiger partial charge in [-0.15, -0.1) is 11.3 Å². The highest BCUT2D eigenvalue weighted by Crippen LogP contribution is 2.29. The number of aromatic carboxylic acids is 1. The number of carbonyl (C=O) groups is 1. The van der Waals surface area contributed by atoms with E-state index in [1.165, 1.54) is 23.3 Å². The van der Waals surface area contributed by atoms with E-state index in [4.69, 9.17) is 4.74 Å². The van der Waals surface area contributed by atoms with Crippen molar-refractivity contribution in [1.29, 1.82) is 0 Å². The van der Waals surface area contributed by atoms with E-state index in [1.54, 1.807) is 11.3 Å². The molecule has 2 rings (SSSR count). The van der Waals surface area contributed by atoms with Crippen molar-refractivity contribution >= 4 is 49.7 Å². The van der Waals surface area contributed by atoms with Gasteiger partial charge < -0.3 is 14.7 Å². The first kappa shape index (κ1) is 15.4. The highest BCUT2D eigenvalue weighted by atomic mass is 79.9. The predicted octanol–water partition coefficient (Wildman–Crippen LogP) is 3.45. The van der Waals surface area contributed by atoms with Crippen LogP contribution >= 0.6 is 38.6 Å². The first-order valence-electron chi connectivity index (χ1n) is 5.67. The molecule has 0 bridgehead atoms. The standard InChI is InChI=1S/C12H13BrN2O3S2/c1-15(4-8-3-7(13)6-19-8)12-14-9(5-18-2)10(20-12)11(16)17/h3,6H,4-5H2,1-2H3,(H,16,17). The molecule has 1 N–H and O–H groups in total. The Kier molecular flexibility index (Phi) is 5.14. The number of hydrogen-bond acceptors (Lipinski definition) is 6. The number of carboxylic acids is 1. The van der Waals surface area contributed by atoms with Crippen LogP contribution in [-0.2, 0) is 17.9 Å². The van der Waals surface area contributed by atoms with Crippen LogP contribution in [0.25, 0.3) is 0 Å². The fraction of sp³-hybridized carbons (Fsp3) is 0.333. The first-order valence-corrected chi connectivity index (χ1v) is 8.16.